The molecule has 0 radical (unpaired) electrons. The Bertz CT molecular complexity index is 791. The van der Waals surface area contributed by atoms with E-state index in [0.29, 0.717) is 18.5 Å². The number of nitrogens with one attached hydrogen (secondary N) is 1. The third-order valence-electron chi connectivity index (χ3n) is 4.45. The predicted molar refractivity (Wildman–Crippen MR) is 101 cm³/mol. The Hall–Kier alpha value is -2.14. The first kappa shape index (κ1) is 17.7. The molecule has 2 aromatic rings. The summed E-state index contributed by atoms with van der Waals surface area (Å²) in [7, 11) is 0. The average Bonchev–Trinajstić information content (AvgIpc) is 3.00. The number of hydrogen-bond acceptors (Lipinski definition) is 2. The van der Waals surface area contributed by atoms with Crippen molar-refractivity contribution in [3.8, 4) is 0 Å². The number of amides is 2. The van der Waals surface area contributed by atoms with Gasteiger partial charge in [-0.2, -0.15) is 0 Å². The smallest absolute Gasteiger partial charge is 0.251 e. The second kappa shape index (κ2) is 7.83. The molecule has 130 valence electrons. The standard InChI is InChI=1S/C20H21BrN2O2/c1-14(17-8-2-3-9-18(17)21)22-20(25)16-7-4-6-15(12-16)13-23-11-5-10-19(23)24/h2-4,6-9,12,14H,5,10-11,13H2,1H3,(H,22,25)/t14-/m1/s1. The molecule has 1 atom stereocenters. The first-order valence-electron chi connectivity index (χ1n) is 8.46. The number of benzene rings is 2. The van der Waals surface area contributed by atoms with Gasteiger partial charge in [0.1, 0.15) is 0 Å². The zero-order valence-electron chi connectivity index (χ0n) is 14.2. The van der Waals surface area contributed by atoms with E-state index in [1.165, 1.54) is 0 Å². The van der Waals surface area contributed by atoms with E-state index in [-0.39, 0.29) is 17.9 Å². The Morgan fingerprint density at radius 2 is 2.04 bits per heavy atom. The number of hydrogen-bond donors (Lipinski definition) is 1. The highest BCUT2D eigenvalue weighted by Gasteiger charge is 2.20. The maximum Gasteiger partial charge on any atom is 0.251 e. The molecule has 1 saturated heterocycles. The third-order valence-corrected chi connectivity index (χ3v) is 5.18. The van der Waals surface area contributed by atoms with Crippen molar-refractivity contribution in [3.05, 3.63) is 69.7 Å². The quantitative estimate of drug-likeness (QED) is 0.822. The number of nitrogens with zero attached hydrogens (tertiary/aromatic N) is 1. The summed E-state index contributed by atoms with van der Waals surface area (Å²) in [6.45, 7) is 3.33. The van der Waals surface area contributed by atoms with E-state index < -0.39 is 0 Å². The molecular formula is C20H21BrN2O2. The van der Waals surface area contributed by atoms with Crippen molar-refractivity contribution in [2.45, 2.75) is 32.4 Å². The lowest BCUT2D eigenvalue weighted by Gasteiger charge is -2.18. The van der Waals surface area contributed by atoms with Crippen LogP contribution in [0.4, 0.5) is 0 Å². The van der Waals surface area contributed by atoms with E-state index in [4.69, 9.17) is 0 Å². The molecule has 2 amide bonds. The summed E-state index contributed by atoms with van der Waals surface area (Å²) in [5.74, 6) is 0.0789. The molecular weight excluding hydrogens is 380 g/mol. The summed E-state index contributed by atoms with van der Waals surface area (Å²) in [5.41, 5.74) is 2.63. The second-order valence-corrected chi connectivity index (χ2v) is 7.19. The van der Waals surface area contributed by atoms with Gasteiger partial charge >= 0.3 is 0 Å². The Morgan fingerprint density at radius 3 is 2.76 bits per heavy atom. The highest BCUT2D eigenvalue weighted by atomic mass is 79.9. The van der Waals surface area contributed by atoms with Gasteiger partial charge in [-0.3, -0.25) is 9.59 Å². The minimum atomic E-state index is -0.113. The van der Waals surface area contributed by atoms with Crippen LogP contribution in [0.25, 0.3) is 0 Å². The van der Waals surface area contributed by atoms with Gasteiger partial charge in [-0.05, 0) is 42.7 Å². The number of carbonyl (C=O) groups excluding carboxylic acids is 2. The van der Waals surface area contributed by atoms with Gasteiger partial charge in [-0.1, -0.05) is 46.3 Å². The zero-order chi connectivity index (χ0) is 17.8. The molecule has 1 aliphatic rings. The van der Waals surface area contributed by atoms with E-state index >= 15 is 0 Å². The topological polar surface area (TPSA) is 49.4 Å². The molecule has 1 fully saturated rings. The van der Waals surface area contributed by atoms with Crippen LogP contribution < -0.4 is 5.32 Å². The molecule has 0 aliphatic carbocycles. The summed E-state index contributed by atoms with van der Waals surface area (Å²) < 4.78 is 0.976. The predicted octanol–water partition coefficient (Wildman–Crippen LogP) is 4.06. The summed E-state index contributed by atoms with van der Waals surface area (Å²) in [5, 5.41) is 3.03. The van der Waals surface area contributed by atoms with Crippen LogP contribution >= 0.6 is 15.9 Å². The Morgan fingerprint density at radius 1 is 1.24 bits per heavy atom. The van der Waals surface area contributed by atoms with Gasteiger partial charge in [0.2, 0.25) is 5.91 Å². The molecule has 5 heteroatoms. The molecule has 0 aromatic heterocycles. The van der Waals surface area contributed by atoms with Crippen molar-refractivity contribution in [2.75, 3.05) is 6.54 Å². The van der Waals surface area contributed by atoms with Crippen LogP contribution in [0.5, 0.6) is 0 Å². The first-order valence-corrected chi connectivity index (χ1v) is 9.26. The molecule has 1 N–H and O–H groups in total. The number of carbonyl (C=O) groups is 2. The van der Waals surface area contributed by atoms with Gasteiger partial charge in [0.15, 0.2) is 0 Å². The van der Waals surface area contributed by atoms with Crippen molar-refractivity contribution in [3.63, 3.8) is 0 Å². The van der Waals surface area contributed by atoms with Crippen molar-refractivity contribution in [2.24, 2.45) is 0 Å². The molecule has 3 rings (SSSR count). The van der Waals surface area contributed by atoms with E-state index in [1.807, 2.05) is 54.3 Å². The van der Waals surface area contributed by atoms with E-state index in [9.17, 15) is 9.59 Å². The molecule has 0 saturated carbocycles. The fourth-order valence-corrected chi connectivity index (χ4v) is 3.71. The van der Waals surface area contributed by atoms with Crippen LogP contribution in [-0.2, 0) is 11.3 Å². The number of rotatable bonds is 5. The van der Waals surface area contributed by atoms with Gasteiger partial charge in [0, 0.05) is 29.5 Å². The Balaban J connectivity index is 1.69. The normalized spacial score (nSPS) is 15.3. The monoisotopic (exact) mass is 400 g/mol. The highest BCUT2D eigenvalue weighted by Crippen LogP contribution is 2.23. The van der Waals surface area contributed by atoms with Crippen LogP contribution in [0.2, 0.25) is 0 Å². The fraction of sp³-hybridized carbons (Fsp3) is 0.300. The summed E-state index contributed by atoms with van der Waals surface area (Å²) in [4.78, 5) is 26.2. The second-order valence-electron chi connectivity index (χ2n) is 6.34. The van der Waals surface area contributed by atoms with Crippen molar-refractivity contribution < 1.29 is 9.59 Å². The molecule has 2 aromatic carbocycles. The minimum Gasteiger partial charge on any atom is -0.345 e. The molecule has 0 bridgehead atoms. The lowest BCUT2D eigenvalue weighted by Crippen LogP contribution is -2.27. The van der Waals surface area contributed by atoms with Crippen molar-refractivity contribution in [1.29, 1.82) is 0 Å². The van der Waals surface area contributed by atoms with Crippen LogP contribution in [0.3, 0.4) is 0 Å². The van der Waals surface area contributed by atoms with E-state index in [1.54, 1.807) is 6.07 Å². The Labute approximate surface area is 156 Å². The number of halogens is 1. The molecule has 4 nitrogen and oxygen atoms in total. The van der Waals surface area contributed by atoms with Crippen molar-refractivity contribution >= 4 is 27.7 Å². The fourth-order valence-electron chi connectivity index (χ4n) is 3.09. The highest BCUT2D eigenvalue weighted by molar-refractivity contribution is 9.10. The van der Waals surface area contributed by atoms with Crippen LogP contribution in [-0.4, -0.2) is 23.3 Å². The maximum atomic E-state index is 12.6. The molecule has 0 spiro atoms. The molecule has 1 heterocycles. The zero-order valence-corrected chi connectivity index (χ0v) is 15.8. The largest absolute Gasteiger partial charge is 0.345 e. The van der Waals surface area contributed by atoms with Gasteiger partial charge in [0.05, 0.1) is 6.04 Å². The van der Waals surface area contributed by atoms with Crippen molar-refractivity contribution in [1.82, 2.24) is 10.2 Å². The first-order chi connectivity index (χ1) is 12.0. The van der Waals surface area contributed by atoms with Gasteiger partial charge in [0.25, 0.3) is 5.91 Å². The minimum absolute atomic E-state index is 0.105. The molecule has 25 heavy (non-hydrogen) atoms. The Kier molecular flexibility index (Phi) is 5.53. The molecule has 0 unspecified atom stereocenters. The van der Waals surface area contributed by atoms with Gasteiger partial charge in [-0.15, -0.1) is 0 Å². The summed E-state index contributed by atoms with van der Waals surface area (Å²) >= 11 is 3.52. The van der Waals surface area contributed by atoms with Gasteiger partial charge < -0.3 is 10.2 Å². The molecule has 1 aliphatic heterocycles. The van der Waals surface area contributed by atoms with E-state index in [2.05, 4.69) is 21.2 Å². The maximum absolute atomic E-state index is 12.6. The SMILES string of the molecule is C[C@@H](NC(=O)c1cccc(CN2CCCC2=O)c1)c1ccccc1Br. The van der Waals surface area contributed by atoms with Crippen LogP contribution in [0, 0.1) is 0 Å². The van der Waals surface area contributed by atoms with Gasteiger partial charge in [-0.25, -0.2) is 0 Å². The van der Waals surface area contributed by atoms with E-state index in [0.717, 1.165) is 28.6 Å². The lowest BCUT2D eigenvalue weighted by atomic mass is 10.1. The summed E-state index contributed by atoms with van der Waals surface area (Å²) in [6, 6.07) is 15.3. The average molecular weight is 401 g/mol. The summed E-state index contributed by atoms with van der Waals surface area (Å²) in [6.07, 6.45) is 1.55. The third kappa shape index (κ3) is 4.28. The van der Waals surface area contributed by atoms with Crippen LogP contribution in [0.15, 0.2) is 53.0 Å². The van der Waals surface area contributed by atoms with Crippen LogP contribution in [0.1, 0.15) is 47.3 Å². The lowest BCUT2D eigenvalue weighted by molar-refractivity contribution is -0.128. The number of likely N-dealkylation sites (tertiary alicyclic amines) is 1.